The number of carbonyl (C=O) groups is 1. The standard InChI is InChI=1S/C26H32N2O2.ClH/c1-30-19-22-18-21-7-3-5-9-24(21)28(22)25(29)11-15-27-16-13-26(14-17-27)12-10-20-6-2-4-8-23(20)26;/h2-9,22H,10-19H2,1H3;1H. The van der Waals surface area contributed by atoms with E-state index in [1.54, 1.807) is 18.2 Å². The van der Waals surface area contributed by atoms with Gasteiger partial charge in [-0.15, -0.1) is 12.4 Å². The van der Waals surface area contributed by atoms with Crippen molar-refractivity contribution >= 4 is 24.0 Å². The second kappa shape index (κ2) is 9.32. The lowest BCUT2D eigenvalue weighted by Crippen LogP contribution is -2.45. The van der Waals surface area contributed by atoms with Gasteiger partial charge in [0.2, 0.25) is 5.91 Å². The van der Waals surface area contributed by atoms with Crippen LogP contribution in [0.25, 0.3) is 0 Å². The van der Waals surface area contributed by atoms with Gasteiger partial charge >= 0.3 is 0 Å². The number of piperidine rings is 1. The van der Waals surface area contributed by atoms with E-state index in [-0.39, 0.29) is 24.4 Å². The van der Waals surface area contributed by atoms with Crippen molar-refractivity contribution in [1.82, 2.24) is 4.90 Å². The summed E-state index contributed by atoms with van der Waals surface area (Å²) in [5.74, 6) is 0.230. The first-order chi connectivity index (χ1) is 14.7. The van der Waals surface area contributed by atoms with Gasteiger partial charge in [0.05, 0.1) is 12.6 Å². The highest BCUT2D eigenvalue weighted by molar-refractivity contribution is 5.96. The molecule has 2 heterocycles. The average Bonchev–Trinajstić information content (AvgIpc) is 3.32. The van der Waals surface area contributed by atoms with Crippen LogP contribution in [0.4, 0.5) is 5.69 Å². The minimum absolute atomic E-state index is 0. The van der Waals surface area contributed by atoms with Crippen molar-refractivity contribution in [2.24, 2.45) is 0 Å². The van der Waals surface area contributed by atoms with Crippen LogP contribution in [0.5, 0.6) is 0 Å². The van der Waals surface area contributed by atoms with Crippen LogP contribution < -0.4 is 4.90 Å². The third-order valence-corrected chi connectivity index (χ3v) is 7.62. The highest BCUT2D eigenvalue weighted by atomic mass is 35.5. The largest absolute Gasteiger partial charge is 0.383 e. The van der Waals surface area contributed by atoms with Crippen molar-refractivity contribution < 1.29 is 9.53 Å². The molecule has 0 saturated carbocycles. The van der Waals surface area contributed by atoms with Crippen LogP contribution in [0.15, 0.2) is 48.5 Å². The summed E-state index contributed by atoms with van der Waals surface area (Å²) in [4.78, 5) is 17.7. The Kier molecular flexibility index (Phi) is 6.71. The number of aryl methyl sites for hydroxylation is 1. The first kappa shape index (κ1) is 22.3. The molecule has 1 amide bonds. The van der Waals surface area contributed by atoms with Gasteiger partial charge in [-0.3, -0.25) is 4.79 Å². The number of nitrogens with zero attached hydrogens (tertiary/aromatic N) is 2. The third kappa shape index (κ3) is 4.13. The van der Waals surface area contributed by atoms with Gasteiger partial charge in [-0.25, -0.2) is 0 Å². The number of para-hydroxylation sites is 1. The van der Waals surface area contributed by atoms with Crippen molar-refractivity contribution in [3.05, 3.63) is 65.2 Å². The van der Waals surface area contributed by atoms with Crippen molar-refractivity contribution in [3.8, 4) is 0 Å². The number of methoxy groups -OCH3 is 1. The monoisotopic (exact) mass is 440 g/mol. The molecule has 1 saturated heterocycles. The molecule has 5 rings (SSSR count). The number of anilines is 1. The molecule has 1 aliphatic carbocycles. The second-order valence-corrected chi connectivity index (χ2v) is 9.23. The zero-order chi connectivity index (χ0) is 20.6. The molecule has 0 radical (unpaired) electrons. The SMILES string of the molecule is COCC1Cc2ccccc2N1C(=O)CCN1CCC2(CCc3ccccc32)CC1.Cl. The van der Waals surface area contributed by atoms with Crippen LogP contribution in [0.1, 0.15) is 42.4 Å². The minimum Gasteiger partial charge on any atom is -0.383 e. The predicted octanol–water partition coefficient (Wildman–Crippen LogP) is 4.38. The fourth-order valence-electron chi connectivity index (χ4n) is 5.99. The van der Waals surface area contributed by atoms with Crippen molar-refractivity contribution in [2.75, 3.05) is 38.3 Å². The van der Waals surface area contributed by atoms with Crippen LogP contribution >= 0.6 is 12.4 Å². The lowest BCUT2D eigenvalue weighted by atomic mass is 9.74. The molecule has 4 nitrogen and oxygen atoms in total. The summed E-state index contributed by atoms with van der Waals surface area (Å²) < 4.78 is 5.41. The highest BCUT2D eigenvalue weighted by Gasteiger charge is 2.41. The molecule has 1 spiro atoms. The maximum atomic E-state index is 13.2. The van der Waals surface area contributed by atoms with Crippen LogP contribution in [0.3, 0.4) is 0 Å². The quantitative estimate of drug-likeness (QED) is 0.691. The molecular weight excluding hydrogens is 408 g/mol. The molecular formula is C26H33ClN2O2. The normalized spacial score (nSPS) is 21.6. The number of amides is 1. The highest BCUT2D eigenvalue weighted by Crippen LogP contribution is 2.46. The molecule has 2 aromatic carbocycles. The Labute approximate surface area is 192 Å². The number of hydrogen-bond donors (Lipinski definition) is 0. The van der Waals surface area contributed by atoms with E-state index in [0.29, 0.717) is 18.4 Å². The van der Waals surface area contributed by atoms with E-state index in [1.807, 2.05) is 11.0 Å². The van der Waals surface area contributed by atoms with Gasteiger partial charge in [-0.05, 0) is 73.4 Å². The Morgan fingerprint density at radius 1 is 1.03 bits per heavy atom. The van der Waals surface area contributed by atoms with Gasteiger partial charge < -0.3 is 14.5 Å². The van der Waals surface area contributed by atoms with Gasteiger partial charge in [-0.2, -0.15) is 0 Å². The van der Waals surface area contributed by atoms with E-state index in [2.05, 4.69) is 47.4 Å². The summed E-state index contributed by atoms with van der Waals surface area (Å²) in [5, 5.41) is 0. The second-order valence-electron chi connectivity index (χ2n) is 9.23. The fourth-order valence-corrected chi connectivity index (χ4v) is 5.99. The van der Waals surface area contributed by atoms with E-state index < -0.39 is 0 Å². The molecule has 1 fully saturated rings. The maximum Gasteiger partial charge on any atom is 0.228 e. The summed E-state index contributed by atoms with van der Waals surface area (Å²) in [7, 11) is 1.72. The van der Waals surface area contributed by atoms with E-state index >= 15 is 0 Å². The van der Waals surface area contributed by atoms with E-state index in [9.17, 15) is 4.79 Å². The molecule has 166 valence electrons. The van der Waals surface area contributed by atoms with Gasteiger partial charge in [0, 0.05) is 25.8 Å². The molecule has 1 unspecified atom stereocenters. The molecule has 2 aliphatic heterocycles. The number of rotatable bonds is 5. The van der Waals surface area contributed by atoms with E-state index in [1.165, 1.54) is 31.2 Å². The number of ether oxygens (including phenoxy) is 1. The number of halogens is 1. The van der Waals surface area contributed by atoms with Crippen molar-refractivity contribution in [3.63, 3.8) is 0 Å². The minimum atomic E-state index is 0. The van der Waals surface area contributed by atoms with Crippen molar-refractivity contribution in [2.45, 2.75) is 50.0 Å². The van der Waals surface area contributed by atoms with Gasteiger partial charge in [0.1, 0.15) is 0 Å². The predicted molar refractivity (Wildman–Crippen MR) is 127 cm³/mol. The molecule has 1 atom stereocenters. The summed E-state index contributed by atoms with van der Waals surface area (Å²) in [6.07, 6.45) is 6.43. The van der Waals surface area contributed by atoms with Crippen LogP contribution in [-0.2, 0) is 27.8 Å². The molecule has 0 bridgehead atoms. The number of hydrogen-bond acceptors (Lipinski definition) is 3. The van der Waals surface area contributed by atoms with Crippen LogP contribution in [-0.4, -0.2) is 50.2 Å². The summed E-state index contributed by atoms with van der Waals surface area (Å²) in [6, 6.07) is 17.4. The van der Waals surface area contributed by atoms with Crippen LogP contribution in [0.2, 0.25) is 0 Å². The maximum absolute atomic E-state index is 13.2. The molecule has 0 aromatic heterocycles. The fraction of sp³-hybridized carbons (Fsp3) is 0.500. The van der Waals surface area contributed by atoms with Crippen molar-refractivity contribution in [1.29, 1.82) is 0 Å². The molecule has 31 heavy (non-hydrogen) atoms. The Bertz CT molecular complexity index is 923. The molecule has 2 aromatic rings. The summed E-state index contributed by atoms with van der Waals surface area (Å²) in [6.45, 7) is 3.64. The lowest BCUT2D eigenvalue weighted by Gasteiger charge is -2.40. The average molecular weight is 441 g/mol. The number of likely N-dealkylation sites (tertiary alicyclic amines) is 1. The third-order valence-electron chi connectivity index (χ3n) is 7.62. The Balaban J connectivity index is 0.00000231. The van der Waals surface area contributed by atoms with E-state index in [0.717, 1.165) is 31.7 Å². The lowest BCUT2D eigenvalue weighted by molar-refractivity contribution is -0.119. The van der Waals surface area contributed by atoms with Crippen LogP contribution in [0, 0.1) is 0 Å². The number of fused-ring (bicyclic) bond motifs is 3. The number of benzene rings is 2. The molecule has 0 N–H and O–H groups in total. The van der Waals surface area contributed by atoms with Gasteiger partial charge in [-0.1, -0.05) is 42.5 Å². The smallest absolute Gasteiger partial charge is 0.228 e. The summed E-state index contributed by atoms with van der Waals surface area (Å²) in [5.41, 5.74) is 5.86. The summed E-state index contributed by atoms with van der Waals surface area (Å²) >= 11 is 0. The first-order valence-electron chi connectivity index (χ1n) is 11.4. The topological polar surface area (TPSA) is 32.8 Å². The Morgan fingerprint density at radius 2 is 1.74 bits per heavy atom. The zero-order valence-electron chi connectivity index (χ0n) is 18.4. The van der Waals surface area contributed by atoms with Gasteiger partial charge in [0.15, 0.2) is 0 Å². The number of carbonyl (C=O) groups excluding carboxylic acids is 1. The first-order valence-corrected chi connectivity index (χ1v) is 11.4. The Morgan fingerprint density at radius 3 is 2.52 bits per heavy atom. The zero-order valence-corrected chi connectivity index (χ0v) is 19.2. The van der Waals surface area contributed by atoms with Gasteiger partial charge in [0.25, 0.3) is 0 Å². The molecule has 5 heteroatoms. The molecule has 3 aliphatic rings. The Hall–Kier alpha value is -1.88. The van der Waals surface area contributed by atoms with E-state index in [4.69, 9.17) is 4.74 Å².